The van der Waals surface area contributed by atoms with E-state index in [1.165, 1.54) is 7.11 Å². The van der Waals surface area contributed by atoms with E-state index in [0.29, 0.717) is 12.2 Å². The van der Waals surface area contributed by atoms with Crippen molar-refractivity contribution in [3.05, 3.63) is 53.3 Å². The van der Waals surface area contributed by atoms with E-state index in [1.54, 1.807) is 23.9 Å². The van der Waals surface area contributed by atoms with E-state index in [-0.39, 0.29) is 12.1 Å². The van der Waals surface area contributed by atoms with Crippen LogP contribution in [-0.4, -0.2) is 67.0 Å². The second-order valence-corrected chi connectivity index (χ2v) is 6.67. The molecular weight excluding hydrogens is 358 g/mol. The van der Waals surface area contributed by atoms with Crippen molar-refractivity contribution in [2.24, 2.45) is 12.0 Å². The first kappa shape index (κ1) is 19.9. The molecule has 28 heavy (non-hydrogen) atoms. The zero-order chi connectivity index (χ0) is 19.9. The largest absolute Gasteiger partial charge is 0.465 e. The van der Waals surface area contributed by atoms with Crippen molar-refractivity contribution < 1.29 is 14.3 Å². The van der Waals surface area contributed by atoms with Crippen molar-refractivity contribution in [1.82, 2.24) is 20.0 Å². The summed E-state index contributed by atoms with van der Waals surface area (Å²) in [5, 5.41) is 7.65. The predicted octanol–water partition coefficient (Wildman–Crippen LogP) is 1.40. The standard InChI is InChI=1S/C20H27N5O3/c1-21-20(22-9-8-15-4-6-16(7-5-15)19(26)27-3)25-10-11-28-18(14-25)17-12-23-24(2)13-17/h4-7,12-13,18H,8-11,14H2,1-3H3,(H,21,22). The molecule has 3 rings (SSSR count). The number of carbonyl (C=O) groups excluding carboxylic acids is 1. The van der Waals surface area contributed by atoms with Crippen LogP contribution < -0.4 is 5.32 Å². The van der Waals surface area contributed by atoms with E-state index in [2.05, 4.69) is 20.3 Å². The molecule has 1 aliphatic rings. The smallest absolute Gasteiger partial charge is 0.337 e. The van der Waals surface area contributed by atoms with Crippen molar-refractivity contribution in [3.63, 3.8) is 0 Å². The number of esters is 1. The van der Waals surface area contributed by atoms with E-state index < -0.39 is 0 Å². The molecule has 8 nitrogen and oxygen atoms in total. The number of methoxy groups -OCH3 is 1. The van der Waals surface area contributed by atoms with Crippen LogP contribution in [0.25, 0.3) is 0 Å². The minimum absolute atomic E-state index is 0.00753. The molecule has 1 aromatic heterocycles. The van der Waals surface area contributed by atoms with Crippen molar-refractivity contribution in [2.75, 3.05) is 40.4 Å². The molecule has 0 bridgehead atoms. The summed E-state index contributed by atoms with van der Waals surface area (Å²) >= 11 is 0. The van der Waals surface area contributed by atoms with Crippen LogP contribution in [0.1, 0.15) is 27.6 Å². The Bertz CT molecular complexity index is 816. The third kappa shape index (κ3) is 4.89. The second-order valence-electron chi connectivity index (χ2n) is 6.67. The summed E-state index contributed by atoms with van der Waals surface area (Å²) in [4.78, 5) is 18.1. The normalized spacial score (nSPS) is 17.5. The number of carbonyl (C=O) groups is 1. The summed E-state index contributed by atoms with van der Waals surface area (Å²) in [6.45, 7) is 2.93. The number of morpholine rings is 1. The van der Waals surface area contributed by atoms with Gasteiger partial charge in [-0.25, -0.2) is 4.79 Å². The number of nitrogens with zero attached hydrogens (tertiary/aromatic N) is 4. The minimum Gasteiger partial charge on any atom is -0.465 e. The molecule has 0 amide bonds. The van der Waals surface area contributed by atoms with Gasteiger partial charge in [0.1, 0.15) is 6.10 Å². The maximum Gasteiger partial charge on any atom is 0.337 e. The molecule has 1 saturated heterocycles. The van der Waals surface area contributed by atoms with Gasteiger partial charge in [0.2, 0.25) is 0 Å². The molecule has 0 spiro atoms. The quantitative estimate of drug-likeness (QED) is 0.476. The Balaban J connectivity index is 1.52. The number of aliphatic imine (C=N–C) groups is 1. The molecule has 0 radical (unpaired) electrons. The average molecular weight is 385 g/mol. The maximum absolute atomic E-state index is 11.5. The lowest BCUT2D eigenvalue weighted by atomic mass is 10.1. The lowest BCUT2D eigenvalue weighted by molar-refractivity contribution is -0.00801. The number of hydrogen-bond acceptors (Lipinski definition) is 5. The fourth-order valence-corrected chi connectivity index (χ4v) is 3.23. The maximum atomic E-state index is 11.5. The zero-order valence-electron chi connectivity index (χ0n) is 16.6. The zero-order valence-corrected chi connectivity index (χ0v) is 16.6. The minimum atomic E-state index is -0.319. The number of ether oxygens (including phenoxy) is 2. The first-order chi connectivity index (χ1) is 13.6. The third-order valence-corrected chi connectivity index (χ3v) is 4.75. The fraction of sp³-hybridized carbons (Fsp3) is 0.450. The molecule has 1 unspecified atom stereocenters. The lowest BCUT2D eigenvalue weighted by Crippen LogP contribution is -2.48. The van der Waals surface area contributed by atoms with Crippen LogP contribution >= 0.6 is 0 Å². The molecule has 1 N–H and O–H groups in total. The van der Waals surface area contributed by atoms with Crippen LogP contribution in [0.5, 0.6) is 0 Å². The van der Waals surface area contributed by atoms with Gasteiger partial charge >= 0.3 is 5.97 Å². The number of aromatic nitrogens is 2. The first-order valence-electron chi connectivity index (χ1n) is 9.33. The molecule has 1 atom stereocenters. The van der Waals surface area contributed by atoms with Crippen LogP contribution in [0.2, 0.25) is 0 Å². The van der Waals surface area contributed by atoms with Gasteiger partial charge in [0.25, 0.3) is 0 Å². The summed E-state index contributed by atoms with van der Waals surface area (Å²) in [5.41, 5.74) is 2.78. The van der Waals surface area contributed by atoms with Gasteiger partial charge in [-0.2, -0.15) is 5.10 Å². The summed E-state index contributed by atoms with van der Waals surface area (Å²) in [7, 11) is 5.08. The van der Waals surface area contributed by atoms with Gasteiger partial charge in [-0.1, -0.05) is 12.1 Å². The number of rotatable bonds is 5. The number of benzene rings is 1. The molecule has 1 aliphatic heterocycles. The topological polar surface area (TPSA) is 81.0 Å². The Hall–Kier alpha value is -2.87. The van der Waals surface area contributed by atoms with E-state index >= 15 is 0 Å². The first-order valence-corrected chi connectivity index (χ1v) is 9.33. The highest BCUT2D eigenvalue weighted by molar-refractivity contribution is 5.89. The van der Waals surface area contributed by atoms with Crippen molar-refractivity contribution >= 4 is 11.9 Å². The van der Waals surface area contributed by atoms with Crippen molar-refractivity contribution in [3.8, 4) is 0 Å². The number of aryl methyl sites for hydroxylation is 1. The molecule has 0 saturated carbocycles. The third-order valence-electron chi connectivity index (χ3n) is 4.75. The molecule has 150 valence electrons. The van der Waals surface area contributed by atoms with Crippen molar-refractivity contribution in [1.29, 1.82) is 0 Å². The lowest BCUT2D eigenvalue weighted by Gasteiger charge is -2.34. The summed E-state index contributed by atoms with van der Waals surface area (Å²) in [6.07, 6.45) is 4.66. The summed E-state index contributed by atoms with van der Waals surface area (Å²) in [6, 6.07) is 7.47. The highest BCUT2D eigenvalue weighted by Gasteiger charge is 2.25. The Morgan fingerprint density at radius 3 is 2.82 bits per heavy atom. The number of nitrogens with one attached hydrogen (secondary N) is 1. The Kier molecular flexibility index (Phi) is 6.65. The highest BCUT2D eigenvalue weighted by Crippen LogP contribution is 2.21. The monoisotopic (exact) mass is 385 g/mol. The summed E-state index contributed by atoms with van der Waals surface area (Å²) < 4.78 is 12.4. The van der Waals surface area contributed by atoms with Gasteiger partial charge in [0.15, 0.2) is 5.96 Å². The van der Waals surface area contributed by atoms with Crippen LogP contribution in [0.3, 0.4) is 0 Å². The SMILES string of the molecule is CN=C(NCCc1ccc(C(=O)OC)cc1)N1CCOC(c2cnn(C)c2)C1. The number of guanidine groups is 1. The van der Waals surface area contributed by atoms with Gasteiger partial charge in [-0.05, 0) is 24.1 Å². The highest BCUT2D eigenvalue weighted by atomic mass is 16.5. The van der Waals surface area contributed by atoms with Crippen LogP contribution in [0.15, 0.2) is 41.7 Å². The van der Waals surface area contributed by atoms with Gasteiger partial charge in [-0.15, -0.1) is 0 Å². The van der Waals surface area contributed by atoms with E-state index in [9.17, 15) is 4.79 Å². The second kappa shape index (κ2) is 9.36. The number of hydrogen-bond donors (Lipinski definition) is 1. The van der Waals surface area contributed by atoms with Crippen LogP contribution in [0.4, 0.5) is 0 Å². The molecule has 8 heteroatoms. The Morgan fingerprint density at radius 2 is 2.18 bits per heavy atom. The Morgan fingerprint density at radius 1 is 1.39 bits per heavy atom. The van der Waals surface area contributed by atoms with Crippen LogP contribution in [0, 0.1) is 0 Å². The van der Waals surface area contributed by atoms with E-state index in [1.807, 2.05) is 31.6 Å². The van der Waals surface area contributed by atoms with Gasteiger partial charge in [0, 0.05) is 38.9 Å². The van der Waals surface area contributed by atoms with Gasteiger partial charge in [-0.3, -0.25) is 9.67 Å². The van der Waals surface area contributed by atoms with E-state index in [4.69, 9.17) is 9.47 Å². The molecule has 2 aromatic rings. The molecular formula is C20H27N5O3. The van der Waals surface area contributed by atoms with Gasteiger partial charge < -0.3 is 19.7 Å². The molecule has 0 aliphatic carbocycles. The fourth-order valence-electron chi connectivity index (χ4n) is 3.23. The van der Waals surface area contributed by atoms with Gasteiger partial charge in [0.05, 0.1) is 32.0 Å². The molecule has 2 heterocycles. The average Bonchev–Trinajstić information content (AvgIpc) is 3.17. The molecule has 1 fully saturated rings. The summed E-state index contributed by atoms with van der Waals surface area (Å²) in [5.74, 6) is 0.545. The van der Waals surface area contributed by atoms with Crippen molar-refractivity contribution in [2.45, 2.75) is 12.5 Å². The Labute approximate surface area is 165 Å². The molecule has 1 aromatic carbocycles. The van der Waals surface area contributed by atoms with Crippen LogP contribution in [-0.2, 0) is 22.9 Å². The van der Waals surface area contributed by atoms with E-state index in [0.717, 1.165) is 43.1 Å². The predicted molar refractivity (Wildman–Crippen MR) is 106 cm³/mol.